The molecule has 154 valence electrons. The van der Waals surface area contributed by atoms with Gasteiger partial charge >= 0.3 is 0 Å². The molecule has 2 atom stereocenters. The number of likely N-dealkylation sites (tertiary alicyclic amines) is 1. The van der Waals surface area contributed by atoms with E-state index in [0.29, 0.717) is 11.6 Å². The zero-order valence-corrected chi connectivity index (χ0v) is 17.2. The number of nitrogens with zero attached hydrogens (tertiary/aromatic N) is 1. The van der Waals surface area contributed by atoms with Crippen molar-refractivity contribution in [1.29, 1.82) is 0 Å². The molecule has 0 spiro atoms. The number of hydrogen-bond acceptors (Lipinski definition) is 3. The van der Waals surface area contributed by atoms with Crippen LogP contribution in [0.1, 0.15) is 41.9 Å². The number of carbonyl (C=O) groups excluding carboxylic acids is 1. The van der Waals surface area contributed by atoms with Crippen molar-refractivity contribution < 1.29 is 13.9 Å². The lowest BCUT2D eigenvalue weighted by atomic mass is 9.83. The Morgan fingerprint density at radius 1 is 1.17 bits per heavy atom. The summed E-state index contributed by atoms with van der Waals surface area (Å²) in [5, 5.41) is 3.17. The summed E-state index contributed by atoms with van der Waals surface area (Å²) in [4.78, 5) is 15.2. The van der Waals surface area contributed by atoms with Gasteiger partial charge in [0.15, 0.2) is 0 Å². The molecule has 1 aliphatic heterocycles. The van der Waals surface area contributed by atoms with Crippen LogP contribution in [0.15, 0.2) is 42.5 Å². The molecule has 1 heterocycles. The second kappa shape index (κ2) is 8.54. The van der Waals surface area contributed by atoms with Crippen LogP contribution in [0.3, 0.4) is 0 Å². The van der Waals surface area contributed by atoms with Crippen molar-refractivity contribution in [3.63, 3.8) is 0 Å². The van der Waals surface area contributed by atoms with E-state index in [0.717, 1.165) is 50.2 Å². The van der Waals surface area contributed by atoms with E-state index in [1.807, 2.05) is 24.3 Å². The first kappa shape index (κ1) is 19.9. The summed E-state index contributed by atoms with van der Waals surface area (Å²) < 4.78 is 19.0. The highest BCUT2D eigenvalue weighted by Crippen LogP contribution is 2.33. The molecule has 2 aliphatic rings. The zero-order valence-electron chi connectivity index (χ0n) is 17.2. The number of hydrogen-bond donors (Lipinski definition) is 1. The topological polar surface area (TPSA) is 41.6 Å². The number of amides is 1. The molecule has 2 aromatic carbocycles. The first-order chi connectivity index (χ1) is 14.0. The average molecular weight is 397 g/mol. The van der Waals surface area contributed by atoms with Crippen molar-refractivity contribution in [3.8, 4) is 5.75 Å². The van der Waals surface area contributed by atoms with E-state index in [1.54, 1.807) is 20.1 Å². The molecule has 5 heteroatoms. The Morgan fingerprint density at radius 3 is 2.59 bits per heavy atom. The van der Waals surface area contributed by atoms with Gasteiger partial charge in [-0.3, -0.25) is 9.69 Å². The smallest absolute Gasteiger partial charge is 0.224 e. The van der Waals surface area contributed by atoms with Crippen molar-refractivity contribution in [1.82, 2.24) is 10.2 Å². The molecule has 2 fully saturated rings. The van der Waals surface area contributed by atoms with Gasteiger partial charge in [0, 0.05) is 25.7 Å². The van der Waals surface area contributed by atoms with Gasteiger partial charge in [-0.05, 0) is 67.0 Å². The normalized spacial score (nSPS) is 22.3. The fraction of sp³-hybridized carbons (Fsp3) is 0.458. The maximum atomic E-state index is 13.8. The predicted octanol–water partition coefficient (Wildman–Crippen LogP) is 4.03. The van der Waals surface area contributed by atoms with Gasteiger partial charge in [-0.1, -0.05) is 24.3 Å². The van der Waals surface area contributed by atoms with Gasteiger partial charge in [0.2, 0.25) is 5.91 Å². The predicted molar refractivity (Wildman–Crippen MR) is 111 cm³/mol. The molecule has 1 saturated heterocycles. The van der Waals surface area contributed by atoms with E-state index < -0.39 is 0 Å². The minimum absolute atomic E-state index is 0.0436. The number of carbonyl (C=O) groups is 1. The first-order valence-corrected chi connectivity index (χ1v) is 10.4. The number of halogens is 1. The number of rotatable bonds is 6. The third-order valence-electron chi connectivity index (χ3n) is 6.04. The van der Waals surface area contributed by atoms with Gasteiger partial charge in [0.05, 0.1) is 13.0 Å². The second-order valence-electron chi connectivity index (χ2n) is 8.46. The zero-order chi connectivity index (χ0) is 20.4. The van der Waals surface area contributed by atoms with Gasteiger partial charge in [0.1, 0.15) is 11.6 Å². The maximum absolute atomic E-state index is 13.8. The van der Waals surface area contributed by atoms with Crippen molar-refractivity contribution in [2.24, 2.45) is 5.92 Å². The van der Waals surface area contributed by atoms with Crippen molar-refractivity contribution >= 4 is 5.91 Å². The lowest BCUT2D eigenvalue weighted by Crippen LogP contribution is -2.45. The van der Waals surface area contributed by atoms with Gasteiger partial charge < -0.3 is 10.1 Å². The monoisotopic (exact) mass is 396 g/mol. The Hall–Kier alpha value is -2.40. The van der Waals surface area contributed by atoms with E-state index in [9.17, 15) is 9.18 Å². The standard InChI is InChI=1S/C24H29FN2O2/c1-16-11-18(5-10-23(16)25)19-12-20(24(28)26-21-6-7-21)15-27(14-19)13-17-3-8-22(29-2)9-4-17/h3-5,8-11,19-21H,6-7,12-15H2,1-2H3,(H,26,28). The van der Waals surface area contributed by atoms with Crippen LogP contribution in [0.2, 0.25) is 0 Å². The molecule has 29 heavy (non-hydrogen) atoms. The molecule has 4 rings (SSSR count). The van der Waals surface area contributed by atoms with Crippen molar-refractivity contribution in [3.05, 3.63) is 65.0 Å². The molecular formula is C24H29FN2O2. The number of methoxy groups -OCH3 is 1. The summed E-state index contributed by atoms with van der Waals surface area (Å²) in [6.07, 6.45) is 2.99. The molecule has 0 radical (unpaired) electrons. The number of piperidine rings is 1. The Morgan fingerprint density at radius 2 is 1.93 bits per heavy atom. The fourth-order valence-corrected chi connectivity index (χ4v) is 4.21. The van der Waals surface area contributed by atoms with E-state index in [-0.39, 0.29) is 23.6 Å². The maximum Gasteiger partial charge on any atom is 0.224 e. The molecule has 1 aliphatic carbocycles. The highest BCUT2D eigenvalue weighted by Gasteiger charge is 2.34. The second-order valence-corrected chi connectivity index (χ2v) is 8.46. The van der Waals surface area contributed by atoms with Crippen LogP contribution in [-0.2, 0) is 11.3 Å². The molecule has 1 N–H and O–H groups in total. The number of aryl methyl sites for hydroxylation is 1. The van der Waals surface area contributed by atoms with Crippen LogP contribution in [-0.4, -0.2) is 37.0 Å². The lowest BCUT2D eigenvalue weighted by Gasteiger charge is -2.37. The average Bonchev–Trinajstić information content (AvgIpc) is 3.54. The molecule has 1 saturated carbocycles. The van der Waals surface area contributed by atoms with Crippen LogP contribution >= 0.6 is 0 Å². The molecule has 0 aromatic heterocycles. The third-order valence-corrected chi connectivity index (χ3v) is 6.04. The lowest BCUT2D eigenvalue weighted by molar-refractivity contribution is -0.127. The van der Waals surface area contributed by atoms with Crippen molar-refractivity contribution in [2.45, 2.75) is 44.7 Å². The Bertz CT molecular complexity index is 864. The van der Waals surface area contributed by atoms with E-state index in [2.05, 4.69) is 22.3 Å². The summed E-state index contributed by atoms with van der Waals surface area (Å²) in [7, 11) is 1.66. The van der Waals surface area contributed by atoms with Crippen LogP contribution in [0.5, 0.6) is 5.75 Å². The van der Waals surface area contributed by atoms with Gasteiger partial charge in [0.25, 0.3) is 0 Å². The largest absolute Gasteiger partial charge is 0.497 e. The van der Waals surface area contributed by atoms with Crippen molar-refractivity contribution in [2.75, 3.05) is 20.2 Å². The SMILES string of the molecule is COc1ccc(CN2CC(C(=O)NC3CC3)CC(c3ccc(F)c(C)c3)C2)cc1. The van der Waals surface area contributed by atoms with Gasteiger partial charge in [-0.25, -0.2) is 4.39 Å². The number of ether oxygens (including phenoxy) is 1. The number of benzene rings is 2. The minimum Gasteiger partial charge on any atom is -0.497 e. The van der Waals surface area contributed by atoms with Gasteiger partial charge in [-0.2, -0.15) is 0 Å². The highest BCUT2D eigenvalue weighted by molar-refractivity contribution is 5.79. The summed E-state index contributed by atoms with van der Waals surface area (Å²) in [6, 6.07) is 13.8. The summed E-state index contributed by atoms with van der Waals surface area (Å²) in [5.74, 6) is 1.00. The van der Waals surface area contributed by atoms with E-state index >= 15 is 0 Å². The molecule has 1 amide bonds. The Balaban J connectivity index is 1.52. The molecule has 0 bridgehead atoms. The van der Waals surface area contributed by atoms with Crippen LogP contribution in [0.25, 0.3) is 0 Å². The number of nitrogens with one attached hydrogen (secondary N) is 1. The summed E-state index contributed by atoms with van der Waals surface area (Å²) in [5.41, 5.74) is 2.98. The third kappa shape index (κ3) is 4.96. The highest BCUT2D eigenvalue weighted by atomic mass is 19.1. The molecule has 2 aromatic rings. The van der Waals surface area contributed by atoms with E-state index in [4.69, 9.17) is 4.74 Å². The van der Waals surface area contributed by atoms with Crippen LogP contribution in [0, 0.1) is 18.7 Å². The fourth-order valence-electron chi connectivity index (χ4n) is 4.21. The Labute approximate surface area is 172 Å². The quantitative estimate of drug-likeness (QED) is 0.802. The summed E-state index contributed by atoms with van der Waals surface area (Å²) in [6.45, 7) is 4.20. The molecular weight excluding hydrogens is 367 g/mol. The van der Waals surface area contributed by atoms with Crippen LogP contribution < -0.4 is 10.1 Å². The van der Waals surface area contributed by atoms with Crippen LogP contribution in [0.4, 0.5) is 4.39 Å². The molecule has 2 unspecified atom stereocenters. The molecule has 4 nitrogen and oxygen atoms in total. The summed E-state index contributed by atoms with van der Waals surface area (Å²) >= 11 is 0. The first-order valence-electron chi connectivity index (χ1n) is 10.4. The van der Waals surface area contributed by atoms with Gasteiger partial charge in [-0.15, -0.1) is 0 Å². The Kier molecular flexibility index (Phi) is 5.86. The minimum atomic E-state index is -0.178. The van der Waals surface area contributed by atoms with E-state index in [1.165, 1.54) is 5.56 Å².